The van der Waals surface area contributed by atoms with E-state index < -0.39 is 18.0 Å². The number of rotatable bonds is 3. The zero-order valence-corrected chi connectivity index (χ0v) is 11.0. The summed E-state index contributed by atoms with van der Waals surface area (Å²) in [6.07, 6.45) is -3.03. The molecule has 0 atom stereocenters. The highest BCUT2D eigenvalue weighted by atomic mass is 19.4. The van der Waals surface area contributed by atoms with Gasteiger partial charge in [0.25, 0.3) is 5.91 Å². The second-order valence-corrected chi connectivity index (χ2v) is 4.74. The quantitative estimate of drug-likeness (QED) is 0.895. The van der Waals surface area contributed by atoms with Crippen molar-refractivity contribution in [1.29, 1.82) is 0 Å². The van der Waals surface area contributed by atoms with Gasteiger partial charge in [-0.05, 0) is 31.0 Å². The van der Waals surface area contributed by atoms with Gasteiger partial charge in [-0.15, -0.1) is 0 Å². The van der Waals surface area contributed by atoms with Gasteiger partial charge in [-0.2, -0.15) is 13.2 Å². The van der Waals surface area contributed by atoms with E-state index in [0.29, 0.717) is 5.69 Å². The maximum absolute atomic E-state index is 12.2. The van der Waals surface area contributed by atoms with E-state index in [9.17, 15) is 22.8 Å². The van der Waals surface area contributed by atoms with Crippen molar-refractivity contribution in [2.75, 3.05) is 23.3 Å². The summed E-state index contributed by atoms with van der Waals surface area (Å²) in [5, 5.41) is 1.70. The van der Waals surface area contributed by atoms with E-state index in [4.69, 9.17) is 5.73 Å². The number of hydrogen-bond donors (Lipinski definition) is 2. The molecule has 5 nitrogen and oxygen atoms in total. The van der Waals surface area contributed by atoms with Crippen LogP contribution < -0.4 is 16.0 Å². The van der Waals surface area contributed by atoms with Crippen LogP contribution in [0.5, 0.6) is 0 Å². The molecule has 3 N–H and O–H groups in total. The topological polar surface area (TPSA) is 75.4 Å². The van der Waals surface area contributed by atoms with Crippen molar-refractivity contribution in [3.8, 4) is 0 Å². The zero-order valence-electron chi connectivity index (χ0n) is 11.0. The van der Waals surface area contributed by atoms with Crippen LogP contribution in [-0.4, -0.2) is 31.1 Å². The molecular formula is C13H14F3N3O2. The van der Waals surface area contributed by atoms with Gasteiger partial charge in [0.15, 0.2) is 0 Å². The molecule has 114 valence electrons. The summed E-state index contributed by atoms with van der Waals surface area (Å²) < 4.78 is 36.6. The second kappa shape index (κ2) is 5.63. The van der Waals surface area contributed by atoms with Crippen molar-refractivity contribution in [2.45, 2.75) is 19.0 Å². The van der Waals surface area contributed by atoms with Crippen LogP contribution in [-0.2, 0) is 4.79 Å². The van der Waals surface area contributed by atoms with E-state index in [2.05, 4.69) is 0 Å². The maximum Gasteiger partial charge on any atom is 0.471 e. The van der Waals surface area contributed by atoms with Crippen molar-refractivity contribution in [2.24, 2.45) is 5.73 Å². The lowest BCUT2D eigenvalue weighted by Gasteiger charge is -2.21. The maximum atomic E-state index is 12.2. The van der Waals surface area contributed by atoms with Crippen LogP contribution in [0.3, 0.4) is 0 Å². The Hall–Kier alpha value is -2.25. The monoisotopic (exact) mass is 301 g/mol. The number of benzene rings is 1. The number of nitrogens with zero attached hydrogens (tertiary/aromatic N) is 1. The third-order valence-corrected chi connectivity index (χ3v) is 3.22. The molecule has 0 unspecified atom stereocenters. The van der Waals surface area contributed by atoms with Gasteiger partial charge in [0.2, 0.25) is 0 Å². The van der Waals surface area contributed by atoms with Gasteiger partial charge >= 0.3 is 12.1 Å². The van der Waals surface area contributed by atoms with Gasteiger partial charge in [-0.1, -0.05) is 0 Å². The molecule has 1 aliphatic heterocycles. The number of primary amides is 1. The highest BCUT2D eigenvalue weighted by Gasteiger charge is 2.38. The van der Waals surface area contributed by atoms with Crippen LogP contribution >= 0.6 is 0 Å². The van der Waals surface area contributed by atoms with Crippen molar-refractivity contribution in [3.63, 3.8) is 0 Å². The molecule has 0 spiro atoms. The Morgan fingerprint density at radius 3 is 2.33 bits per heavy atom. The molecular weight excluding hydrogens is 287 g/mol. The zero-order chi connectivity index (χ0) is 15.6. The minimum absolute atomic E-state index is 0.0943. The molecule has 1 aliphatic rings. The average molecular weight is 301 g/mol. The van der Waals surface area contributed by atoms with Crippen molar-refractivity contribution >= 4 is 23.2 Å². The van der Waals surface area contributed by atoms with Crippen molar-refractivity contribution < 1.29 is 22.8 Å². The Morgan fingerprint density at radius 1 is 1.19 bits per heavy atom. The lowest BCUT2D eigenvalue weighted by Crippen LogP contribution is -2.30. The Balaban J connectivity index is 2.28. The summed E-state index contributed by atoms with van der Waals surface area (Å²) in [5.41, 5.74) is 5.82. The molecule has 1 aromatic rings. The molecule has 1 fully saturated rings. The number of amides is 2. The van der Waals surface area contributed by atoms with Crippen LogP contribution in [0.2, 0.25) is 0 Å². The standard InChI is InChI=1S/C13H14F3N3O2/c14-13(15,16)12(21)18-8-3-4-10(9(7-8)11(17)20)19-5-1-2-6-19/h3-4,7H,1-2,5-6H2,(H2,17,20)(H,18,21). The predicted octanol–water partition coefficient (Wildman–Crippen LogP) is 1.89. The Morgan fingerprint density at radius 2 is 1.81 bits per heavy atom. The molecule has 8 heteroatoms. The first-order chi connectivity index (χ1) is 9.79. The highest BCUT2D eigenvalue weighted by Crippen LogP contribution is 2.28. The van der Waals surface area contributed by atoms with Crippen LogP contribution in [0.25, 0.3) is 0 Å². The first-order valence-corrected chi connectivity index (χ1v) is 6.36. The minimum Gasteiger partial charge on any atom is -0.371 e. The van der Waals surface area contributed by atoms with E-state index in [1.54, 1.807) is 5.32 Å². The molecule has 21 heavy (non-hydrogen) atoms. The highest BCUT2D eigenvalue weighted by molar-refractivity contribution is 6.01. The number of nitrogens with one attached hydrogen (secondary N) is 1. The van der Waals surface area contributed by atoms with E-state index in [0.717, 1.165) is 25.9 Å². The molecule has 0 radical (unpaired) electrons. The van der Waals surface area contributed by atoms with Crippen molar-refractivity contribution in [3.05, 3.63) is 23.8 Å². The first kappa shape index (κ1) is 15.1. The summed E-state index contributed by atoms with van der Waals surface area (Å²) in [4.78, 5) is 24.3. The van der Waals surface area contributed by atoms with Crippen LogP contribution in [0.15, 0.2) is 18.2 Å². The van der Waals surface area contributed by atoms with Crippen LogP contribution in [0.1, 0.15) is 23.2 Å². The molecule has 0 aliphatic carbocycles. The number of carbonyl (C=O) groups excluding carboxylic acids is 2. The fourth-order valence-electron chi connectivity index (χ4n) is 2.25. The van der Waals surface area contributed by atoms with E-state index >= 15 is 0 Å². The smallest absolute Gasteiger partial charge is 0.371 e. The summed E-state index contributed by atoms with van der Waals surface area (Å²) in [6, 6.07) is 3.99. The minimum atomic E-state index is -4.99. The molecule has 0 aromatic heterocycles. The van der Waals surface area contributed by atoms with Gasteiger partial charge in [0.1, 0.15) is 0 Å². The van der Waals surface area contributed by atoms with E-state index in [-0.39, 0.29) is 11.3 Å². The molecule has 1 saturated heterocycles. The molecule has 0 bridgehead atoms. The number of anilines is 2. The van der Waals surface area contributed by atoms with E-state index in [1.807, 2.05) is 4.90 Å². The summed E-state index contributed by atoms with van der Waals surface area (Å²) in [6.45, 7) is 1.52. The Bertz CT molecular complexity index is 566. The third-order valence-electron chi connectivity index (χ3n) is 3.22. The van der Waals surface area contributed by atoms with Gasteiger partial charge in [0, 0.05) is 24.5 Å². The van der Waals surface area contributed by atoms with Crippen molar-refractivity contribution in [1.82, 2.24) is 0 Å². The average Bonchev–Trinajstić information content (AvgIpc) is 2.91. The van der Waals surface area contributed by atoms with E-state index in [1.165, 1.54) is 18.2 Å². The Kier molecular flexibility index (Phi) is 4.06. The fraction of sp³-hybridized carbons (Fsp3) is 0.385. The number of nitrogens with two attached hydrogens (primary N) is 1. The Labute approximate surface area is 118 Å². The first-order valence-electron chi connectivity index (χ1n) is 6.36. The number of carbonyl (C=O) groups is 2. The summed E-state index contributed by atoms with van der Waals surface area (Å²) >= 11 is 0. The molecule has 2 rings (SSSR count). The number of alkyl halides is 3. The van der Waals surface area contributed by atoms with Crippen LogP contribution in [0.4, 0.5) is 24.5 Å². The normalized spacial score (nSPS) is 15.1. The van der Waals surface area contributed by atoms with Gasteiger partial charge in [-0.3, -0.25) is 9.59 Å². The molecule has 1 heterocycles. The summed E-state index contributed by atoms with van der Waals surface area (Å²) in [5.74, 6) is -2.84. The predicted molar refractivity (Wildman–Crippen MR) is 71.1 cm³/mol. The SMILES string of the molecule is NC(=O)c1cc(NC(=O)C(F)(F)F)ccc1N1CCCC1. The second-order valence-electron chi connectivity index (χ2n) is 4.74. The number of halogens is 3. The lowest BCUT2D eigenvalue weighted by atomic mass is 10.1. The number of hydrogen-bond acceptors (Lipinski definition) is 3. The van der Waals surface area contributed by atoms with Crippen LogP contribution in [0, 0.1) is 0 Å². The third kappa shape index (κ3) is 3.45. The van der Waals surface area contributed by atoms with Gasteiger partial charge < -0.3 is 16.0 Å². The van der Waals surface area contributed by atoms with Gasteiger partial charge in [-0.25, -0.2) is 0 Å². The molecule has 0 saturated carbocycles. The fourth-order valence-corrected chi connectivity index (χ4v) is 2.25. The lowest BCUT2D eigenvalue weighted by molar-refractivity contribution is -0.167. The molecule has 1 aromatic carbocycles. The van der Waals surface area contributed by atoms with Gasteiger partial charge in [0.05, 0.1) is 5.56 Å². The summed E-state index contributed by atoms with van der Waals surface area (Å²) in [7, 11) is 0. The largest absolute Gasteiger partial charge is 0.471 e. The molecule has 2 amide bonds.